The van der Waals surface area contributed by atoms with Crippen LogP contribution in [0, 0.1) is 0 Å². The van der Waals surface area contributed by atoms with E-state index in [-0.39, 0.29) is 11.2 Å². The van der Waals surface area contributed by atoms with Crippen LogP contribution in [0.1, 0.15) is 23.3 Å². The van der Waals surface area contributed by atoms with E-state index in [1.165, 1.54) is 12.1 Å². The van der Waals surface area contributed by atoms with Crippen molar-refractivity contribution in [2.45, 2.75) is 12.8 Å². The molecule has 0 saturated heterocycles. The number of fused-ring (bicyclic) bond motifs is 2. The molecule has 0 atom stereocenters. The lowest BCUT2D eigenvalue weighted by molar-refractivity contribution is 0.472. The Kier molecular flexibility index (Phi) is 2.72. The predicted octanol–water partition coefficient (Wildman–Crippen LogP) is 4.05. The van der Waals surface area contributed by atoms with Crippen LogP contribution < -0.4 is 5.43 Å². The summed E-state index contributed by atoms with van der Waals surface area (Å²) in [4.78, 5) is 12.7. The first-order valence-corrected chi connectivity index (χ1v) is 7.68. The number of thiophene rings is 1. The van der Waals surface area contributed by atoms with Crippen molar-refractivity contribution in [2.24, 2.45) is 0 Å². The number of hydrogen-bond donors (Lipinski definition) is 1. The molecule has 0 aliphatic heterocycles. The van der Waals surface area contributed by atoms with E-state index in [4.69, 9.17) is 4.42 Å². The number of phenols is 1. The monoisotopic (exact) mass is 296 g/mol. The number of benzene rings is 1. The van der Waals surface area contributed by atoms with Crippen molar-refractivity contribution in [1.82, 2.24) is 0 Å². The number of hydrogen-bond acceptors (Lipinski definition) is 4. The van der Waals surface area contributed by atoms with E-state index < -0.39 is 0 Å². The Bertz CT molecular complexity index is 917. The Morgan fingerprint density at radius 1 is 1.24 bits per heavy atom. The molecule has 0 amide bonds. The van der Waals surface area contributed by atoms with Gasteiger partial charge in [-0.15, -0.1) is 0 Å². The van der Waals surface area contributed by atoms with Gasteiger partial charge in [0.2, 0.25) is 0 Å². The van der Waals surface area contributed by atoms with Crippen molar-refractivity contribution in [1.29, 1.82) is 0 Å². The largest absolute Gasteiger partial charge is 0.508 e. The second kappa shape index (κ2) is 4.60. The van der Waals surface area contributed by atoms with Gasteiger partial charge in [-0.2, -0.15) is 11.3 Å². The van der Waals surface area contributed by atoms with Gasteiger partial charge in [-0.3, -0.25) is 4.79 Å². The molecule has 104 valence electrons. The predicted molar refractivity (Wildman–Crippen MR) is 84.7 cm³/mol. The molecule has 3 nitrogen and oxygen atoms in total. The van der Waals surface area contributed by atoms with Crippen LogP contribution >= 0.6 is 11.3 Å². The third-order valence-electron chi connectivity index (χ3n) is 3.78. The maximum absolute atomic E-state index is 12.7. The van der Waals surface area contributed by atoms with Gasteiger partial charge in [0.1, 0.15) is 17.1 Å². The second-order valence-corrected chi connectivity index (χ2v) is 5.92. The molecule has 1 N–H and O–H groups in total. The molecule has 2 heterocycles. The normalized spacial score (nSPS) is 15.7. The molecule has 1 aliphatic carbocycles. The minimum atomic E-state index is -0.00905. The average Bonchev–Trinajstić information content (AvgIpc) is 3.09. The highest BCUT2D eigenvalue weighted by Gasteiger charge is 2.24. The van der Waals surface area contributed by atoms with Crippen LogP contribution in [0.15, 0.2) is 44.2 Å². The van der Waals surface area contributed by atoms with E-state index in [1.807, 2.05) is 11.4 Å². The molecule has 4 heteroatoms. The van der Waals surface area contributed by atoms with Crippen molar-refractivity contribution in [3.63, 3.8) is 0 Å². The molecule has 0 spiro atoms. The maximum Gasteiger partial charge on any atom is 0.200 e. The van der Waals surface area contributed by atoms with Crippen molar-refractivity contribution < 1.29 is 9.52 Å². The van der Waals surface area contributed by atoms with Crippen molar-refractivity contribution in [3.05, 3.63) is 62.1 Å². The first kappa shape index (κ1) is 12.4. The molecule has 3 aromatic rings. The fraction of sp³-hybridized carbons (Fsp3) is 0.118. The fourth-order valence-corrected chi connectivity index (χ4v) is 3.42. The van der Waals surface area contributed by atoms with Gasteiger partial charge in [0.25, 0.3) is 0 Å². The molecule has 0 bridgehead atoms. The first-order valence-electron chi connectivity index (χ1n) is 6.74. The number of aryl methyl sites for hydroxylation is 1. The fourth-order valence-electron chi connectivity index (χ4n) is 2.80. The third-order valence-corrected chi connectivity index (χ3v) is 4.48. The standard InChI is InChI=1S/C17H12O3S/c18-12-2-3-13-15(8-12)20-14-4-1-11(16(14)17(13)19)7-10-5-6-21-9-10/h2-3,5-9,18H,1,4H2. The summed E-state index contributed by atoms with van der Waals surface area (Å²) in [5, 5.41) is 14.1. The van der Waals surface area contributed by atoms with Crippen LogP contribution in [0.5, 0.6) is 5.75 Å². The first-order chi connectivity index (χ1) is 10.2. The summed E-state index contributed by atoms with van der Waals surface area (Å²) in [5.41, 5.74) is 3.29. The minimum Gasteiger partial charge on any atom is -0.508 e. The second-order valence-electron chi connectivity index (χ2n) is 5.14. The summed E-state index contributed by atoms with van der Waals surface area (Å²) in [6.45, 7) is 0. The van der Waals surface area contributed by atoms with Crippen LogP contribution in [0.25, 0.3) is 22.6 Å². The molecular weight excluding hydrogens is 284 g/mol. The molecule has 0 fully saturated rings. The van der Waals surface area contributed by atoms with Gasteiger partial charge in [-0.25, -0.2) is 0 Å². The Labute approximate surface area is 124 Å². The summed E-state index contributed by atoms with van der Waals surface area (Å²) in [7, 11) is 0. The summed E-state index contributed by atoms with van der Waals surface area (Å²) in [6.07, 6.45) is 3.60. The van der Waals surface area contributed by atoms with Gasteiger partial charge in [0.15, 0.2) is 5.43 Å². The quantitative estimate of drug-likeness (QED) is 0.737. The van der Waals surface area contributed by atoms with Crippen LogP contribution in [-0.4, -0.2) is 5.11 Å². The number of allylic oxidation sites excluding steroid dienone is 1. The van der Waals surface area contributed by atoms with Crippen LogP contribution in [0.2, 0.25) is 0 Å². The zero-order valence-electron chi connectivity index (χ0n) is 11.1. The minimum absolute atomic E-state index is 0.00905. The van der Waals surface area contributed by atoms with Crippen LogP contribution in [0.4, 0.5) is 0 Å². The van der Waals surface area contributed by atoms with Gasteiger partial charge in [0.05, 0.1) is 10.9 Å². The molecule has 4 rings (SSSR count). The van der Waals surface area contributed by atoms with Gasteiger partial charge >= 0.3 is 0 Å². The molecule has 1 aliphatic rings. The Morgan fingerprint density at radius 3 is 2.95 bits per heavy atom. The van der Waals surface area contributed by atoms with E-state index in [9.17, 15) is 9.90 Å². The van der Waals surface area contributed by atoms with Crippen molar-refractivity contribution in [2.75, 3.05) is 0 Å². The number of aromatic hydroxyl groups is 1. The summed E-state index contributed by atoms with van der Waals surface area (Å²) >= 11 is 1.64. The van der Waals surface area contributed by atoms with E-state index in [0.29, 0.717) is 16.5 Å². The number of phenolic OH excluding ortho intramolecular Hbond substituents is 1. The maximum atomic E-state index is 12.7. The zero-order chi connectivity index (χ0) is 14.4. The topological polar surface area (TPSA) is 50.4 Å². The van der Waals surface area contributed by atoms with Crippen LogP contribution in [0.3, 0.4) is 0 Å². The van der Waals surface area contributed by atoms with E-state index in [2.05, 4.69) is 11.5 Å². The van der Waals surface area contributed by atoms with Gasteiger partial charge < -0.3 is 9.52 Å². The third kappa shape index (κ3) is 1.99. The molecule has 2 aromatic heterocycles. The molecule has 0 saturated carbocycles. The van der Waals surface area contributed by atoms with Gasteiger partial charge in [-0.05, 0) is 46.5 Å². The smallest absolute Gasteiger partial charge is 0.200 e. The Hall–Kier alpha value is -2.33. The summed E-state index contributed by atoms with van der Waals surface area (Å²) < 4.78 is 5.82. The highest BCUT2D eigenvalue weighted by atomic mass is 32.1. The zero-order valence-corrected chi connectivity index (χ0v) is 11.9. The Balaban J connectivity index is 1.97. The molecular formula is C17H12O3S. The van der Waals surface area contributed by atoms with E-state index in [1.54, 1.807) is 17.4 Å². The lowest BCUT2D eigenvalue weighted by Gasteiger charge is -2.03. The molecule has 1 aromatic carbocycles. The molecule has 0 radical (unpaired) electrons. The SMILES string of the molecule is O=c1c2c(oc3cc(O)ccc13)CCC2=Cc1ccsc1. The van der Waals surface area contributed by atoms with E-state index >= 15 is 0 Å². The highest BCUT2D eigenvalue weighted by Crippen LogP contribution is 2.34. The van der Waals surface area contributed by atoms with E-state index in [0.717, 1.165) is 29.7 Å². The lowest BCUT2D eigenvalue weighted by atomic mass is 10.1. The number of rotatable bonds is 1. The van der Waals surface area contributed by atoms with Crippen molar-refractivity contribution in [3.8, 4) is 5.75 Å². The summed E-state index contributed by atoms with van der Waals surface area (Å²) in [5.74, 6) is 0.831. The van der Waals surface area contributed by atoms with Gasteiger partial charge in [-0.1, -0.05) is 6.08 Å². The molecule has 0 unspecified atom stereocenters. The highest BCUT2D eigenvalue weighted by molar-refractivity contribution is 7.08. The Morgan fingerprint density at radius 2 is 2.14 bits per heavy atom. The lowest BCUT2D eigenvalue weighted by Crippen LogP contribution is -2.07. The summed E-state index contributed by atoms with van der Waals surface area (Å²) in [6, 6.07) is 6.67. The molecule has 21 heavy (non-hydrogen) atoms. The van der Waals surface area contributed by atoms with Crippen molar-refractivity contribution >= 4 is 34.0 Å². The average molecular weight is 296 g/mol. The van der Waals surface area contributed by atoms with Crippen LogP contribution in [-0.2, 0) is 6.42 Å². The van der Waals surface area contributed by atoms with Gasteiger partial charge in [0, 0.05) is 12.5 Å².